The number of halogens is 3. The van der Waals surface area contributed by atoms with E-state index in [4.69, 9.17) is 9.72 Å². The van der Waals surface area contributed by atoms with Crippen molar-refractivity contribution in [1.82, 2.24) is 24.8 Å². The molecular formula is C28H29F3N8O3. The second-order valence-electron chi connectivity index (χ2n) is 9.74. The van der Waals surface area contributed by atoms with Crippen molar-refractivity contribution >= 4 is 40.1 Å². The molecular weight excluding hydrogens is 553 g/mol. The van der Waals surface area contributed by atoms with E-state index < -0.39 is 17.6 Å². The van der Waals surface area contributed by atoms with Gasteiger partial charge in [0.2, 0.25) is 5.95 Å². The van der Waals surface area contributed by atoms with E-state index in [0.717, 1.165) is 30.8 Å². The van der Waals surface area contributed by atoms with Gasteiger partial charge in [-0.3, -0.25) is 9.69 Å². The number of benzene rings is 2. The van der Waals surface area contributed by atoms with E-state index in [9.17, 15) is 23.1 Å². The normalized spacial score (nSPS) is 14.2. The molecule has 11 nitrogen and oxygen atoms in total. The Morgan fingerprint density at radius 3 is 2.57 bits per heavy atom. The van der Waals surface area contributed by atoms with E-state index in [0.29, 0.717) is 48.1 Å². The van der Waals surface area contributed by atoms with Gasteiger partial charge in [-0.1, -0.05) is 6.07 Å². The van der Waals surface area contributed by atoms with E-state index in [2.05, 4.69) is 35.4 Å². The first kappa shape index (κ1) is 29.0. The summed E-state index contributed by atoms with van der Waals surface area (Å²) in [5.74, 6) is 0.309. The molecule has 3 heterocycles. The number of anilines is 4. The highest BCUT2D eigenvalue weighted by molar-refractivity contribution is 6.05. The van der Waals surface area contributed by atoms with Gasteiger partial charge in [0.25, 0.3) is 5.91 Å². The SMILES string of the molecule is COc1cc(NC(=O)c2ccc(C)c(Nc3ncnc4cnc(N5CCN(CCO)CC5)nc34)c2)cc(C(F)(F)F)c1. The molecule has 1 saturated heterocycles. The van der Waals surface area contributed by atoms with Crippen molar-refractivity contribution < 1.29 is 27.8 Å². The number of fused-ring (bicyclic) bond motifs is 1. The lowest BCUT2D eigenvalue weighted by molar-refractivity contribution is -0.137. The number of hydrogen-bond donors (Lipinski definition) is 3. The predicted molar refractivity (Wildman–Crippen MR) is 151 cm³/mol. The molecule has 1 aliphatic heterocycles. The highest BCUT2D eigenvalue weighted by atomic mass is 19.4. The Labute approximate surface area is 239 Å². The topological polar surface area (TPSA) is 129 Å². The fourth-order valence-electron chi connectivity index (χ4n) is 4.58. The van der Waals surface area contributed by atoms with Crippen molar-refractivity contribution in [2.45, 2.75) is 13.1 Å². The zero-order valence-electron chi connectivity index (χ0n) is 22.9. The van der Waals surface area contributed by atoms with Crippen molar-refractivity contribution in [2.75, 3.05) is 62.0 Å². The number of carbonyl (C=O) groups is 1. The molecule has 4 aromatic rings. The van der Waals surface area contributed by atoms with Crippen LogP contribution in [0.25, 0.3) is 11.0 Å². The standard InChI is InChI=1S/C28H29F3N8O3/c1-17-3-4-18(26(41)35-20-12-19(28(29,30)31)13-21(14-20)42-2)11-22(17)36-25-24-23(33-16-34-25)15-32-27(37-24)39-7-5-38(6-8-39)9-10-40/h3-4,11-16,40H,5-10H2,1-2H3,(H,35,41)(H,33,34,36). The molecule has 220 valence electrons. The van der Waals surface area contributed by atoms with Gasteiger partial charge in [-0.05, 0) is 36.8 Å². The molecule has 5 rings (SSSR count). The van der Waals surface area contributed by atoms with Gasteiger partial charge >= 0.3 is 6.18 Å². The summed E-state index contributed by atoms with van der Waals surface area (Å²) in [4.78, 5) is 35.1. The molecule has 1 aliphatic rings. The molecule has 1 fully saturated rings. The Morgan fingerprint density at radius 1 is 1.07 bits per heavy atom. The summed E-state index contributed by atoms with van der Waals surface area (Å²) in [6.45, 7) is 5.54. The molecule has 0 bridgehead atoms. The maximum atomic E-state index is 13.3. The maximum Gasteiger partial charge on any atom is 0.416 e. The van der Waals surface area contributed by atoms with Crippen LogP contribution in [0.1, 0.15) is 21.5 Å². The number of carbonyl (C=O) groups excluding carboxylic acids is 1. The van der Waals surface area contributed by atoms with Crippen molar-refractivity contribution in [2.24, 2.45) is 0 Å². The minimum atomic E-state index is -4.60. The van der Waals surface area contributed by atoms with Crippen LogP contribution in [0.15, 0.2) is 48.9 Å². The van der Waals surface area contributed by atoms with E-state index in [1.165, 1.54) is 19.5 Å². The summed E-state index contributed by atoms with van der Waals surface area (Å²) in [7, 11) is 1.25. The van der Waals surface area contributed by atoms with Gasteiger partial charge in [-0.2, -0.15) is 13.2 Å². The number of aryl methyl sites for hydroxylation is 1. The van der Waals surface area contributed by atoms with E-state index >= 15 is 0 Å². The number of aliphatic hydroxyl groups is 1. The van der Waals surface area contributed by atoms with Crippen molar-refractivity contribution in [3.63, 3.8) is 0 Å². The number of ether oxygens (including phenoxy) is 1. The maximum absolute atomic E-state index is 13.3. The van der Waals surface area contributed by atoms with Gasteiger partial charge in [0, 0.05) is 55.7 Å². The molecule has 3 N–H and O–H groups in total. The lowest BCUT2D eigenvalue weighted by atomic mass is 10.1. The van der Waals surface area contributed by atoms with Crippen LogP contribution in [-0.2, 0) is 6.18 Å². The molecule has 0 spiro atoms. The second kappa shape index (κ2) is 12.1. The van der Waals surface area contributed by atoms with Crippen LogP contribution in [0.3, 0.4) is 0 Å². The molecule has 14 heteroatoms. The number of hydrogen-bond acceptors (Lipinski definition) is 10. The van der Waals surface area contributed by atoms with E-state index in [1.54, 1.807) is 24.4 Å². The van der Waals surface area contributed by atoms with Gasteiger partial charge in [0.15, 0.2) is 5.82 Å². The molecule has 2 aromatic carbocycles. The average molecular weight is 583 g/mol. The number of β-amino-alcohol motifs (C(OH)–C–C–N with tert-alkyl or cyclic N) is 1. The quantitative estimate of drug-likeness (QED) is 0.282. The van der Waals surface area contributed by atoms with Gasteiger partial charge in [-0.15, -0.1) is 0 Å². The second-order valence-corrected chi connectivity index (χ2v) is 9.74. The molecule has 0 aliphatic carbocycles. The Kier molecular flexibility index (Phi) is 8.36. The van der Waals surface area contributed by atoms with Crippen LogP contribution in [0.5, 0.6) is 5.75 Å². The summed E-state index contributed by atoms with van der Waals surface area (Å²) in [5, 5.41) is 15.0. The highest BCUT2D eigenvalue weighted by Gasteiger charge is 2.31. The van der Waals surface area contributed by atoms with E-state index in [1.807, 2.05) is 6.92 Å². The molecule has 2 aromatic heterocycles. The number of amides is 1. The van der Waals surface area contributed by atoms with Crippen molar-refractivity contribution in [1.29, 1.82) is 0 Å². The van der Waals surface area contributed by atoms with Gasteiger partial charge in [0.1, 0.15) is 23.1 Å². The lowest BCUT2D eigenvalue weighted by Crippen LogP contribution is -2.47. The van der Waals surface area contributed by atoms with E-state index in [-0.39, 0.29) is 23.6 Å². The van der Waals surface area contributed by atoms with Gasteiger partial charge in [-0.25, -0.2) is 19.9 Å². The van der Waals surface area contributed by atoms with Crippen LogP contribution in [0.4, 0.5) is 36.3 Å². The number of nitrogens with one attached hydrogen (secondary N) is 2. The molecule has 1 amide bonds. The first-order chi connectivity index (χ1) is 20.1. The third-order valence-electron chi connectivity index (χ3n) is 6.92. The Morgan fingerprint density at radius 2 is 1.86 bits per heavy atom. The number of rotatable bonds is 8. The number of aliphatic hydroxyl groups excluding tert-OH is 1. The predicted octanol–water partition coefficient (Wildman–Crippen LogP) is 3.87. The molecule has 42 heavy (non-hydrogen) atoms. The largest absolute Gasteiger partial charge is 0.497 e. The number of methoxy groups -OCH3 is 1. The first-order valence-corrected chi connectivity index (χ1v) is 13.2. The summed E-state index contributed by atoms with van der Waals surface area (Å²) in [6, 6.07) is 7.92. The highest BCUT2D eigenvalue weighted by Crippen LogP contribution is 2.34. The molecule has 0 saturated carbocycles. The Hall–Kier alpha value is -4.56. The Bertz CT molecular complexity index is 1590. The number of piperazine rings is 1. The number of aromatic nitrogens is 4. The minimum absolute atomic E-state index is 0.0320. The van der Waals surface area contributed by atoms with Crippen LogP contribution in [-0.4, -0.2) is 82.3 Å². The fraction of sp³-hybridized carbons (Fsp3) is 0.321. The smallest absolute Gasteiger partial charge is 0.416 e. The van der Waals surface area contributed by atoms with Crippen molar-refractivity contribution in [3.05, 3.63) is 65.6 Å². The fourth-order valence-corrected chi connectivity index (χ4v) is 4.58. The van der Waals surface area contributed by atoms with Gasteiger partial charge < -0.3 is 25.4 Å². The zero-order chi connectivity index (χ0) is 29.9. The number of alkyl halides is 3. The summed E-state index contributed by atoms with van der Waals surface area (Å²) in [6.07, 6.45) is -1.59. The van der Waals surface area contributed by atoms with Crippen molar-refractivity contribution in [3.8, 4) is 5.75 Å². The molecule has 0 unspecified atom stereocenters. The first-order valence-electron chi connectivity index (χ1n) is 13.2. The van der Waals surface area contributed by atoms with Crippen LogP contribution in [0, 0.1) is 6.92 Å². The molecule has 0 radical (unpaired) electrons. The number of nitrogens with zero attached hydrogens (tertiary/aromatic N) is 6. The third kappa shape index (κ3) is 6.50. The lowest BCUT2D eigenvalue weighted by Gasteiger charge is -2.34. The summed E-state index contributed by atoms with van der Waals surface area (Å²) in [5.41, 5.74) is 1.60. The average Bonchev–Trinajstić information content (AvgIpc) is 2.98. The Balaban J connectivity index is 1.38. The summed E-state index contributed by atoms with van der Waals surface area (Å²) < 4.78 is 45.0. The third-order valence-corrected chi connectivity index (χ3v) is 6.92. The van der Waals surface area contributed by atoms with Gasteiger partial charge in [0.05, 0.1) is 25.5 Å². The summed E-state index contributed by atoms with van der Waals surface area (Å²) >= 11 is 0. The van der Waals surface area contributed by atoms with Crippen LogP contribution >= 0.6 is 0 Å². The van der Waals surface area contributed by atoms with Crippen LogP contribution in [0.2, 0.25) is 0 Å². The monoisotopic (exact) mass is 582 g/mol. The molecule has 0 atom stereocenters. The zero-order valence-corrected chi connectivity index (χ0v) is 22.9. The minimum Gasteiger partial charge on any atom is -0.497 e. The van der Waals surface area contributed by atoms with Crippen LogP contribution < -0.4 is 20.3 Å².